The van der Waals surface area contributed by atoms with Crippen molar-refractivity contribution in [1.82, 2.24) is 10.6 Å². The van der Waals surface area contributed by atoms with Crippen LogP contribution in [-0.2, 0) is 23.9 Å². The average molecular weight is 785 g/mol. The van der Waals surface area contributed by atoms with Gasteiger partial charge in [-0.25, -0.2) is 4.79 Å². The van der Waals surface area contributed by atoms with Crippen molar-refractivity contribution in [2.75, 3.05) is 13.2 Å². The number of hydrogen-bond donors (Lipinski definition) is 4. The number of nitrogens with one attached hydrogen (secondary N) is 2. The molecule has 0 aliphatic carbocycles. The summed E-state index contributed by atoms with van der Waals surface area (Å²) >= 11 is 0. The number of esters is 1. The lowest BCUT2D eigenvalue weighted by molar-refractivity contribution is -0.148. The van der Waals surface area contributed by atoms with Crippen LogP contribution in [0.5, 0.6) is 0 Å². The zero-order chi connectivity index (χ0) is 41.2. The van der Waals surface area contributed by atoms with Gasteiger partial charge in [0, 0.05) is 6.42 Å². The molecule has 4 N–H and O–H groups in total. The van der Waals surface area contributed by atoms with Gasteiger partial charge < -0.3 is 25.6 Å². The lowest BCUT2D eigenvalue weighted by atomic mass is 10.0. The monoisotopic (exact) mass is 785 g/mol. The van der Waals surface area contributed by atoms with Gasteiger partial charge in [-0.05, 0) is 64.2 Å². The molecule has 0 radical (unpaired) electrons. The Morgan fingerprint density at radius 3 is 1.43 bits per heavy atom. The molecule has 320 valence electrons. The summed E-state index contributed by atoms with van der Waals surface area (Å²) in [7, 11) is 0. The zero-order valence-electron chi connectivity index (χ0n) is 35.4. The van der Waals surface area contributed by atoms with Crippen molar-refractivity contribution < 1.29 is 34.1 Å². The molecule has 9 nitrogen and oxygen atoms in total. The first-order chi connectivity index (χ1) is 27.3. The molecule has 0 aromatic rings. The number of allylic oxidation sites excluding steroid dienone is 9. The first-order valence-electron chi connectivity index (χ1n) is 22.2. The molecule has 56 heavy (non-hydrogen) atoms. The van der Waals surface area contributed by atoms with E-state index in [1.807, 2.05) is 12.2 Å². The largest absolute Gasteiger partial charge is 0.480 e. The molecule has 0 spiro atoms. The van der Waals surface area contributed by atoms with Crippen LogP contribution in [0.3, 0.4) is 0 Å². The summed E-state index contributed by atoms with van der Waals surface area (Å²) in [6.45, 7) is 3.36. The SMILES string of the molecule is CC/C=C\C/C=C\C/C=C\C/C=C\C/C=C\CC(=O)OC(CCCCCCCCCCCCCCC)CCCCCCCC(=O)NCC(=O)NC(CO)C(=O)O. The molecule has 0 aliphatic rings. The summed E-state index contributed by atoms with van der Waals surface area (Å²) in [6, 6.07) is -1.39. The highest BCUT2D eigenvalue weighted by Gasteiger charge is 2.19. The van der Waals surface area contributed by atoms with E-state index in [4.69, 9.17) is 14.9 Å². The molecular formula is C47H80N2O7. The average Bonchev–Trinajstić information content (AvgIpc) is 3.18. The highest BCUT2D eigenvalue weighted by Crippen LogP contribution is 2.18. The van der Waals surface area contributed by atoms with E-state index in [0.717, 1.165) is 77.0 Å². The molecule has 9 heteroatoms. The van der Waals surface area contributed by atoms with Gasteiger partial charge in [0.2, 0.25) is 11.8 Å². The summed E-state index contributed by atoms with van der Waals surface area (Å²) in [5.74, 6) is -2.43. The Balaban J connectivity index is 4.46. The molecule has 2 atom stereocenters. The molecular weight excluding hydrogens is 705 g/mol. The predicted octanol–water partition coefficient (Wildman–Crippen LogP) is 10.9. The number of carbonyl (C=O) groups excluding carboxylic acids is 3. The quantitative estimate of drug-likeness (QED) is 0.0276. The Morgan fingerprint density at radius 1 is 0.554 bits per heavy atom. The van der Waals surface area contributed by atoms with Crippen molar-refractivity contribution >= 4 is 23.8 Å². The van der Waals surface area contributed by atoms with Crippen LogP contribution in [0.4, 0.5) is 0 Å². The van der Waals surface area contributed by atoms with Crippen LogP contribution in [-0.4, -0.2) is 59.3 Å². The maximum Gasteiger partial charge on any atom is 0.328 e. The van der Waals surface area contributed by atoms with E-state index < -0.39 is 24.5 Å². The van der Waals surface area contributed by atoms with Crippen LogP contribution < -0.4 is 10.6 Å². The minimum Gasteiger partial charge on any atom is -0.480 e. The maximum atomic E-state index is 12.7. The summed E-state index contributed by atoms with van der Waals surface area (Å²) in [5.41, 5.74) is 0. The van der Waals surface area contributed by atoms with Crippen molar-refractivity contribution in [2.45, 2.75) is 199 Å². The number of amides is 2. The molecule has 0 aromatic heterocycles. The molecule has 0 aromatic carbocycles. The number of rotatable bonds is 39. The number of aliphatic hydroxyl groups is 1. The Kier molecular flexibility index (Phi) is 38.6. The van der Waals surface area contributed by atoms with Crippen LogP contribution in [0.15, 0.2) is 60.8 Å². The first-order valence-corrected chi connectivity index (χ1v) is 22.2. The normalized spacial score (nSPS) is 13.1. The minimum absolute atomic E-state index is 0.0681. The molecule has 2 amide bonds. The number of hydrogen-bond acceptors (Lipinski definition) is 6. The van der Waals surface area contributed by atoms with Crippen LogP contribution in [0.25, 0.3) is 0 Å². The molecule has 0 aliphatic heterocycles. The lowest BCUT2D eigenvalue weighted by Crippen LogP contribution is -2.47. The number of unbranched alkanes of at least 4 members (excludes halogenated alkanes) is 16. The summed E-state index contributed by atoms with van der Waals surface area (Å²) in [6.07, 6.45) is 49.7. The highest BCUT2D eigenvalue weighted by molar-refractivity contribution is 5.87. The molecule has 0 saturated carbocycles. The van der Waals surface area contributed by atoms with E-state index in [1.165, 1.54) is 77.0 Å². The van der Waals surface area contributed by atoms with Gasteiger partial charge in [0.05, 0.1) is 19.6 Å². The fraction of sp³-hybridized carbons (Fsp3) is 0.702. The van der Waals surface area contributed by atoms with E-state index in [1.54, 1.807) is 0 Å². The lowest BCUT2D eigenvalue weighted by Gasteiger charge is -2.18. The van der Waals surface area contributed by atoms with Gasteiger partial charge in [0.1, 0.15) is 12.1 Å². The Hall–Kier alpha value is -3.46. The van der Waals surface area contributed by atoms with E-state index >= 15 is 0 Å². The standard InChI is InChI=1S/C47H80N2O7/c1-3-5-7-9-11-13-15-17-18-20-22-24-26-31-35-39-46(53)56-42(36-32-28-25-23-21-19-16-14-12-10-8-6-4-2)37-33-29-27-30-34-38-44(51)48-40-45(52)49-43(41-50)47(54)55/h5,7,11,13,17-18,22,24,31,35,42-43,50H,3-4,6,8-10,12,14-16,19-21,23,25-30,32-34,36-41H2,1-2H3,(H,48,51)(H,49,52)(H,54,55)/b7-5-,13-11-,18-17-,24-22-,35-31-. The highest BCUT2D eigenvalue weighted by atomic mass is 16.5. The Bertz CT molecular complexity index is 1130. The van der Waals surface area contributed by atoms with Gasteiger partial charge in [-0.1, -0.05) is 171 Å². The van der Waals surface area contributed by atoms with Gasteiger partial charge in [-0.2, -0.15) is 0 Å². The fourth-order valence-corrected chi connectivity index (χ4v) is 6.20. The van der Waals surface area contributed by atoms with Crippen LogP contribution in [0, 0.1) is 0 Å². The third kappa shape index (κ3) is 37.5. The van der Waals surface area contributed by atoms with Gasteiger partial charge >= 0.3 is 11.9 Å². The fourth-order valence-electron chi connectivity index (χ4n) is 6.20. The Labute approximate surface area is 341 Å². The van der Waals surface area contributed by atoms with E-state index in [9.17, 15) is 19.2 Å². The maximum absolute atomic E-state index is 12.7. The van der Waals surface area contributed by atoms with Crippen LogP contribution >= 0.6 is 0 Å². The second-order valence-corrected chi connectivity index (χ2v) is 14.8. The minimum atomic E-state index is -1.39. The summed E-state index contributed by atoms with van der Waals surface area (Å²) < 4.78 is 5.97. The number of aliphatic carboxylic acids is 1. The van der Waals surface area contributed by atoms with Crippen molar-refractivity contribution in [1.29, 1.82) is 0 Å². The summed E-state index contributed by atoms with van der Waals surface area (Å²) in [4.78, 5) is 47.5. The third-order valence-corrected chi connectivity index (χ3v) is 9.56. The van der Waals surface area contributed by atoms with Crippen molar-refractivity contribution in [3.63, 3.8) is 0 Å². The smallest absolute Gasteiger partial charge is 0.328 e. The topological polar surface area (TPSA) is 142 Å². The number of ether oxygens (including phenoxy) is 1. The van der Waals surface area contributed by atoms with Crippen LogP contribution in [0.1, 0.15) is 187 Å². The van der Waals surface area contributed by atoms with Crippen LogP contribution in [0.2, 0.25) is 0 Å². The summed E-state index contributed by atoms with van der Waals surface area (Å²) in [5, 5.41) is 22.6. The Morgan fingerprint density at radius 2 is 0.982 bits per heavy atom. The van der Waals surface area contributed by atoms with Gasteiger partial charge in [0.15, 0.2) is 0 Å². The number of carboxylic acid groups (broad SMARTS) is 1. The van der Waals surface area contributed by atoms with E-state index in [-0.39, 0.29) is 37.4 Å². The molecule has 0 heterocycles. The number of carbonyl (C=O) groups is 4. The van der Waals surface area contributed by atoms with Gasteiger partial charge in [-0.15, -0.1) is 0 Å². The molecule has 0 fully saturated rings. The molecule has 2 unspecified atom stereocenters. The van der Waals surface area contributed by atoms with Crippen molar-refractivity contribution in [3.8, 4) is 0 Å². The molecule has 0 saturated heterocycles. The third-order valence-electron chi connectivity index (χ3n) is 9.56. The van der Waals surface area contributed by atoms with E-state index in [0.29, 0.717) is 6.42 Å². The number of carboxylic acids is 1. The second-order valence-electron chi connectivity index (χ2n) is 14.8. The van der Waals surface area contributed by atoms with E-state index in [2.05, 4.69) is 73.1 Å². The zero-order valence-corrected chi connectivity index (χ0v) is 35.4. The molecule has 0 bridgehead atoms. The van der Waals surface area contributed by atoms with Gasteiger partial charge in [0.25, 0.3) is 0 Å². The molecule has 0 rings (SSSR count). The van der Waals surface area contributed by atoms with Crippen molar-refractivity contribution in [2.24, 2.45) is 0 Å². The number of aliphatic hydroxyl groups excluding tert-OH is 1. The van der Waals surface area contributed by atoms with Gasteiger partial charge in [-0.3, -0.25) is 14.4 Å². The van der Waals surface area contributed by atoms with Crippen molar-refractivity contribution in [3.05, 3.63) is 60.8 Å². The predicted molar refractivity (Wildman–Crippen MR) is 231 cm³/mol. The first kappa shape index (κ1) is 52.5. The second kappa shape index (κ2) is 41.2.